The van der Waals surface area contributed by atoms with Gasteiger partial charge in [0.15, 0.2) is 0 Å². The molecule has 0 aliphatic carbocycles. The molecule has 0 spiro atoms. The third-order valence-corrected chi connectivity index (χ3v) is 8.65. The van der Waals surface area contributed by atoms with Crippen molar-refractivity contribution in [1.29, 1.82) is 0 Å². The average Bonchev–Trinajstić information content (AvgIpc) is 2.88. The number of phenols is 1. The van der Waals surface area contributed by atoms with E-state index < -0.39 is 5.41 Å². The predicted octanol–water partition coefficient (Wildman–Crippen LogP) is 7.64. The van der Waals surface area contributed by atoms with Crippen LogP contribution in [0.5, 0.6) is 5.75 Å². The van der Waals surface area contributed by atoms with E-state index in [1.54, 1.807) is 13.0 Å². The zero-order valence-electron chi connectivity index (χ0n) is 24.5. The van der Waals surface area contributed by atoms with Gasteiger partial charge in [-0.2, -0.15) is 0 Å². The molecule has 6 heteroatoms. The highest BCUT2D eigenvalue weighted by Gasteiger charge is 2.51. The van der Waals surface area contributed by atoms with Crippen molar-refractivity contribution in [3.8, 4) is 5.75 Å². The number of Topliss-reactive ketones (excluding diaryl/α,β-unsaturated/α-hetero) is 1. The highest BCUT2D eigenvalue weighted by Crippen LogP contribution is 2.51. The van der Waals surface area contributed by atoms with Crippen LogP contribution in [0, 0.1) is 11.8 Å². The Morgan fingerprint density at radius 2 is 1.72 bits per heavy atom. The number of phenolic OH excluding ortho intramolecular Hbond substituents is 1. The van der Waals surface area contributed by atoms with Crippen LogP contribution < -0.4 is 0 Å². The third kappa shape index (κ3) is 7.73. The largest absolute Gasteiger partial charge is 0.508 e. The van der Waals surface area contributed by atoms with Gasteiger partial charge in [-0.05, 0) is 81.2 Å². The summed E-state index contributed by atoms with van der Waals surface area (Å²) in [6.07, 6.45) is 3.22. The van der Waals surface area contributed by atoms with Crippen LogP contribution in [-0.4, -0.2) is 47.0 Å². The molecule has 0 aromatic heterocycles. The van der Waals surface area contributed by atoms with Gasteiger partial charge in [0, 0.05) is 29.9 Å². The van der Waals surface area contributed by atoms with Crippen molar-refractivity contribution in [2.45, 2.75) is 97.2 Å². The number of amides is 1. The quantitative estimate of drug-likeness (QED) is 0.272. The lowest BCUT2D eigenvalue weighted by Gasteiger charge is -2.47. The second-order valence-corrected chi connectivity index (χ2v) is 12.8. The first-order valence-corrected chi connectivity index (χ1v) is 15.2. The van der Waals surface area contributed by atoms with E-state index in [0.29, 0.717) is 31.3 Å². The Balaban J connectivity index is 2.33. The van der Waals surface area contributed by atoms with Gasteiger partial charge in [0.05, 0.1) is 17.6 Å². The smallest absolute Gasteiger partial charge is 0.234 e. The molecule has 0 saturated carbocycles. The van der Waals surface area contributed by atoms with Gasteiger partial charge < -0.3 is 19.5 Å². The van der Waals surface area contributed by atoms with E-state index in [9.17, 15) is 9.90 Å². The Kier molecular flexibility index (Phi) is 11.2. The van der Waals surface area contributed by atoms with Gasteiger partial charge in [-0.15, -0.1) is 0 Å². The lowest BCUT2D eigenvalue weighted by molar-refractivity contribution is -0.151. The molecule has 3 rings (SSSR count). The first kappa shape index (κ1) is 31.3. The van der Waals surface area contributed by atoms with Crippen molar-refractivity contribution in [3.05, 3.63) is 64.1 Å². The number of carbonyl (C=O) groups excluding carboxylic acids is 2. The number of ketones is 1. The molecule has 5 nitrogen and oxygen atoms in total. The van der Waals surface area contributed by atoms with E-state index in [1.807, 2.05) is 61.2 Å². The van der Waals surface area contributed by atoms with Crippen molar-refractivity contribution in [2.24, 2.45) is 11.8 Å². The number of halogens is 1. The predicted molar refractivity (Wildman–Crippen MR) is 161 cm³/mol. The summed E-state index contributed by atoms with van der Waals surface area (Å²) in [5.41, 5.74) is 0.611. The zero-order valence-corrected chi connectivity index (χ0v) is 26.0. The lowest BCUT2D eigenvalue weighted by Crippen LogP contribution is -2.57. The van der Waals surface area contributed by atoms with Crippen LogP contribution in [0.3, 0.4) is 0 Å². The normalized spacial score (nSPS) is 20.9. The number of nitrogens with zero attached hydrogens (tertiary/aromatic N) is 1. The van der Waals surface area contributed by atoms with Gasteiger partial charge in [-0.3, -0.25) is 4.79 Å². The molecule has 214 valence electrons. The van der Waals surface area contributed by atoms with E-state index in [2.05, 4.69) is 36.7 Å². The van der Waals surface area contributed by atoms with Crippen LogP contribution in [0.2, 0.25) is 0 Å². The molecule has 1 saturated heterocycles. The van der Waals surface area contributed by atoms with Crippen molar-refractivity contribution in [1.82, 2.24) is 4.90 Å². The van der Waals surface area contributed by atoms with E-state index >= 15 is 4.79 Å². The van der Waals surface area contributed by atoms with Gasteiger partial charge in [-0.1, -0.05) is 73.5 Å². The van der Waals surface area contributed by atoms with Crippen LogP contribution >= 0.6 is 15.9 Å². The Morgan fingerprint density at radius 3 is 2.28 bits per heavy atom. The maximum atomic E-state index is 15.1. The molecule has 0 bridgehead atoms. The fourth-order valence-corrected chi connectivity index (χ4v) is 6.84. The van der Waals surface area contributed by atoms with E-state index in [-0.39, 0.29) is 42.0 Å². The molecule has 2 aromatic rings. The number of aromatic hydroxyl groups is 1. The van der Waals surface area contributed by atoms with Crippen molar-refractivity contribution in [3.63, 3.8) is 0 Å². The van der Waals surface area contributed by atoms with Crippen LogP contribution in [0.15, 0.2) is 53.0 Å². The summed E-state index contributed by atoms with van der Waals surface area (Å²) >= 11 is 3.63. The molecule has 4 unspecified atom stereocenters. The monoisotopic (exact) mass is 599 g/mol. The minimum atomic E-state index is -1.04. The van der Waals surface area contributed by atoms with Crippen LogP contribution in [0.25, 0.3) is 0 Å². The maximum absolute atomic E-state index is 15.1. The molecule has 2 aromatic carbocycles. The van der Waals surface area contributed by atoms with Gasteiger partial charge in [0.25, 0.3) is 0 Å². The Bertz CT molecular complexity index is 1090. The summed E-state index contributed by atoms with van der Waals surface area (Å²) in [6.45, 7) is 13.3. The molecular weight excluding hydrogens is 554 g/mol. The standard InChI is InChI=1S/C33H46BrNO4/c1-7-26(17-22(2)3)18-30(29-19-28(34)13-14-31(29)37)33(16-15-23(4)36,27-11-9-8-10-12-27)32(38)35-20-24(5)39-25(6)21-35/h8-14,19,22,24-26,30,37H,7,15-18,20-21H2,1-6H3/t24-,25?,26?,30?,33?/m1/s1. The van der Waals surface area contributed by atoms with E-state index in [1.165, 1.54) is 0 Å². The van der Waals surface area contributed by atoms with Gasteiger partial charge in [-0.25, -0.2) is 0 Å². The lowest BCUT2D eigenvalue weighted by atomic mass is 9.60. The van der Waals surface area contributed by atoms with E-state index in [0.717, 1.165) is 34.9 Å². The fraction of sp³-hybridized carbons (Fsp3) is 0.576. The molecule has 1 aliphatic rings. The number of ether oxygens (including phenoxy) is 1. The van der Waals surface area contributed by atoms with Gasteiger partial charge >= 0.3 is 0 Å². The van der Waals surface area contributed by atoms with Crippen LogP contribution in [0.1, 0.15) is 90.7 Å². The second-order valence-electron chi connectivity index (χ2n) is 11.9. The molecule has 1 N–H and O–H groups in total. The third-order valence-electron chi connectivity index (χ3n) is 8.16. The summed E-state index contributed by atoms with van der Waals surface area (Å²) in [4.78, 5) is 29.6. The molecule has 1 fully saturated rings. The number of benzene rings is 2. The average molecular weight is 601 g/mol. The van der Waals surface area contributed by atoms with Crippen molar-refractivity contribution >= 4 is 27.6 Å². The summed E-state index contributed by atoms with van der Waals surface area (Å²) in [5, 5.41) is 11.3. The van der Waals surface area contributed by atoms with Crippen LogP contribution in [-0.2, 0) is 19.7 Å². The second kappa shape index (κ2) is 13.9. The van der Waals surface area contributed by atoms with Gasteiger partial charge in [0.1, 0.15) is 11.5 Å². The molecule has 5 atom stereocenters. The SMILES string of the molecule is CCC(CC(C)C)CC(c1cc(Br)ccc1O)C(CCC(C)=O)(C(=O)N1CC(C)O[C@H](C)C1)c1ccccc1. The Labute approximate surface area is 243 Å². The number of morpholine rings is 1. The molecule has 1 amide bonds. The number of carbonyl (C=O) groups is 2. The summed E-state index contributed by atoms with van der Waals surface area (Å²) < 4.78 is 6.85. The fourth-order valence-electron chi connectivity index (χ4n) is 6.46. The summed E-state index contributed by atoms with van der Waals surface area (Å²) in [7, 11) is 0. The summed E-state index contributed by atoms with van der Waals surface area (Å²) in [5.74, 6) is 0.776. The van der Waals surface area contributed by atoms with Gasteiger partial charge in [0.2, 0.25) is 5.91 Å². The van der Waals surface area contributed by atoms with Crippen molar-refractivity contribution in [2.75, 3.05) is 13.1 Å². The Hall–Kier alpha value is -2.18. The molecule has 1 aliphatic heterocycles. The first-order valence-electron chi connectivity index (χ1n) is 14.5. The van der Waals surface area contributed by atoms with Crippen molar-refractivity contribution < 1.29 is 19.4 Å². The highest BCUT2D eigenvalue weighted by molar-refractivity contribution is 9.10. The summed E-state index contributed by atoms with van der Waals surface area (Å²) in [6, 6.07) is 15.5. The maximum Gasteiger partial charge on any atom is 0.234 e. The molecule has 1 heterocycles. The number of hydrogen-bond acceptors (Lipinski definition) is 4. The first-order chi connectivity index (χ1) is 18.5. The minimum absolute atomic E-state index is 0.0146. The minimum Gasteiger partial charge on any atom is -0.508 e. The number of hydrogen-bond donors (Lipinski definition) is 1. The Morgan fingerprint density at radius 1 is 1.08 bits per heavy atom. The molecular formula is C33H46BrNO4. The highest BCUT2D eigenvalue weighted by atomic mass is 79.9. The number of rotatable bonds is 12. The molecule has 0 radical (unpaired) electrons. The van der Waals surface area contributed by atoms with E-state index in [4.69, 9.17) is 4.74 Å². The zero-order chi connectivity index (χ0) is 28.7. The molecule has 39 heavy (non-hydrogen) atoms. The topological polar surface area (TPSA) is 66.8 Å². The van der Waals surface area contributed by atoms with Crippen LogP contribution in [0.4, 0.5) is 0 Å².